The molecule has 0 radical (unpaired) electrons. The van der Waals surface area contributed by atoms with Gasteiger partial charge < -0.3 is 28.7 Å². The molecule has 13 heteroatoms. The number of aromatic nitrogens is 4. The number of anilines is 1. The molecular weight excluding hydrogens is 568 g/mol. The van der Waals surface area contributed by atoms with Crippen molar-refractivity contribution >= 4 is 17.5 Å². The number of furan rings is 1. The molecule has 44 heavy (non-hydrogen) atoms. The van der Waals surface area contributed by atoms with Gasteiger partial charge in [-0.3, -0.25) is 14.5 Å². The van der Waals surface area contributed by atoms with Crippen molar-refractivity contribution < 1.29 is 33.0 Å². The Labute approximate surface area is 254 Å². The van der Waals surface area contributed by atoms with E-state index in [1.807, 2.05) is 0 Å². The van der Waals surface area contributed by atoms with Gasteiger partial charge in [0, 0.05) is 23.4 Å². The molecule has 0 saturated heterocycles. The lowest BCUT2D eigenvalue weighted by molar-refractivity contribution is -0.128. The van der Waals surface area contributed by atoms with Gasteiger partial charge in [0.05, 0.1) is 14.2 Å². The summed E-state index contributed by atoms with van der Waals surface area (Å²) in [5, 5.41) is 15.9. The summed E-state index contributed by atoms with van der Waals surface area (Å²) in [5.41, 5.74) is 1.06. The van der Waals surface area contributed by atoms with Crippen molar-refractivity contribution in [2.45, 2.75) is 51.2 Å². The van der Waals surface area contributed by atoms with E-state index >= 15 is 0 Å². The zero-order valence-corrected chi connectivity index (χ0v) is 24.8. The van der Waals surface area contributed by atoms with Crippen molar-refractivity contribution in [2.75, 3.05) is 32.3 Å². The molecule has 4 aromatic rings. The molecule has 2 aliphatic rings. The fourth-order valence-corrected chi connectivity index (χ4v) is 5.54. The topological polar surface area (TPSA) is 143 Å². The molecule has 0 bridgehead atoms. The molecule has 1 atom stereocenters. The Hall–Kier alpha value is -5.07. The summed E-state index contributed by atoms with van der Waals surface area (Å²) < 4.78 is 28.2. The van der Waals surface area contributed by atoms with Crippen LogP contribution in [-0.2, 0) is 16.1 Å². The Balaban J connectivity index is 1.35. The highest BCUT2D eigenvalue weighted by Crippen LogP contribution is 2.38. The summed E-state index contributed by atoms with van der Waals surface area (Å²) in [4.78, 5) is 30.8. The van der Waals surface area contributed by atoms with E-state index in [1.54, 1.807) is 62.6 Å². The second kappa shape index (κ2) is 12.7. The maximum Gasteiger partial charge on any atom is 0.251 e. The van der Waals surface area contributed by atoms with E-state index in [9.17, 15) is 9.59 Å². The van der Waals surface area contributed by atoms with Crippen LogP contribution in [0.2, 0.25) is 0 Å². The Morgan fingerprint density at radius 3 is 2.50 bits per heavy atom. The monoisotopic (exact) mass is 602 g/mol. The third kappa shape index (κ3) is 6.03. The van der Waals surface area contributed by atoms with Crippen LogP contribution in [-0.4, -0.2) is 65.5 Å². The van der Waals surface area contributed by atoms with Gasteiger partial charge in [0.15, 0.2) is 29.0 Å². The number of methoxy groups -OCH3 is 2. The normalized spacial score (nSPS) is 15.1. The van der Waals surface area contributed by atoms with Crippen molar-refractivity contribution in [3.8, 4) is 34.4 Å². The molecule has 1 N–H and O–H groups in total. The van der Waals surface area contributed by atoms with Gasteiger partial charge in [0.2, 0.25) is 5.82 Å². The summed E-state index contributed by atoms with van der Waals surface area (Å²) in [7, 11) is 3.09. The van der Waals surface area contributed by atoms with Gasteiger partial charge in [-0.25, -0.2) is 0 Å². The predicted molar refractivity (Wildman–Crippen MR) is 158 cm³/mol. The molecule has 2 aromatic heterocycles. The Morgan fingerprint density at radius 1 is 1.00 bits per heavy atom. The van der Waals surface area contributed by atoms with Gasteiger partial charge in [-0.1, -0.05) is 12.8 Å². The summed E-state index contributed by atoms with van der Waals surface area (Å²) >= 11 is 0. The molecular formula is C31H34N6O7. The minimum Gasteiger partial charge on any atom is -0.493 e. The van der Waals surface area contributed by atoms with Crippen LogP contribution < -0.4 is 29.2 Å². The standard InChI is InChI=1S/C31H34N6O7/c1-19-8-11-25(44-19)29(31(39)32-21-6-4-5-7-21)37(22-10-13-24-27(17-22)43-15-14-42-24)28(38)18-36-34-30(33-35-36)20-9-12-23(40-2)26(16-20)41-3/h8-13,16-17,21,29H,4-7,14-15,18H2,1-3H3,(H,32,39)/t29-/m1/s1. The van der Waals surface area contributed by atoms with Crippen LogP contribution in [0.3, 0.4) is 0 Å². The number of ether oxygens (including phenoxy) is 4. The minimum atomic E-state index is -1.10. The minimum absolute atomic E-state index is 0.0271. The number of rotatable bonds is 10. The molecule has 1 aliphatic carbocycles. The Morgan fingerprint density at radius 2 is 1.77 bits per heavy atom. The number of carbonyl (C=O) groups excluding carboxylic acids is 2. The first kappa shape index (κ1) is 29.0. The van der Waals surface area contributed by atoms with Crippen LogP contribution in [0, 0.1) is 6.92 Å². The highest BCUT2D eigenvalue weighted by atomic mass is 16.6. The average molecular weight is 603 g/mol. The maximum atomic E-state index is 14.2. The largest absolute Gasteiger partial charge is 0.493 e. The van der Waals surface area contributed by atoms with Crippen molar-refractivity contribution in [3.05, 3.63) is 60.1 Å². The number of nitrogens with one attached hydrogen (secondary N) is 1. The molecule has 2 amide bonds. The number of aryl methyl sites for hydroxylation is 1. The van der Waals surface area contributed by atoms with Gasteiger partial charge in [-0.15, -0.1) is 10.2 Å². The van der Waals surface area contributed by atoms with Gasteiger partial charge in [0.1, 0.15) is 31.3 Å². The average Bonchev–Trinajstić information content (AvgIpc) is 3.82. The number of nitrogens with zero attached hydrogens (tertiary/aromatic N) is 5. The predicted octanol–water partition coefficient (Wildman–Crippen LogP) is 3.86. The van der Waals surface area contributed by atoms with Crippen molar-refractivity contribution in [1.29, 1.82) is 0 Å². The van der Waals surface area contributed by atoms with Gasteiger partial charge >= 0.3 is 0 Å². The highest BCUT2D eigenvalue weighted by molar-refractivity contribution is 6.01. The molecule has 0 unspecified atom stereocenters. The van der Waals surface area contributed by atoms with E-state index in [0.717, 1.165) is 25.7 Å². The SMILES string of the molecule is COc1ccc(-c2nnn(CC(=O)N(c3ccc4c(c3)OCCO4)[C@@H](C(=O)NC3CCCC3)c3ccc(C)o3)n2)cc1OC. The molecule has 3 heterocycles. The lowest BCUT2D eigenvalue weighted by Gasteiger charge is -2.31. The van der Waals surface area contributed by atoms with E-state index in [2.05, 4.69) is 20.7 Å². The Bertz CT molecular complexity index is 1640. The Kier molecular flexibility index (Phi) is 8.35. The number of benzene rings is 2. The number of hydrogen-bond donors (Lipinski definition) is 1. The maximum absolute atomic E-state index is 14.2. The summed E-state index contributed by atoms with van der Waals surface area (Å²) in [5.74, 6) is 2.55. The zero-order chi connectivity index (χ0) is 30.6. The highest BCUT2D eigenvalue weighted by Gasteiger charge is 2.37. The lowest BCUT2D eigenvalue weighted by Crippen LogP contribution is -2.47. The van der Waals surface area contributed by atoms with Gasteiger partial charge in [0.25, 0.3) is 11.8 Å². The van der Waals surface area contributed by atoms with Crippen LogP contribution >= 0.6 is 0 Å². The van der Waals surface area contributed by atoms with E-state index < -0.39 is 11.9 Å². The van der Waals surface area contributed by atoms with Gasteiger partial charge in [-0.2, -0.15) is 4.80 Å². The third-order valence-corrected chi connectivity index (χ3v) is 7.68. The first-order valence-corrected chi connectivity index (χ1v) is 14.5. The molecule has 0 spiro atoms. The van der Waals surface area contributed by atoms with Crippen molar-refractivity contribution in [3.63, 3.8) is 0 Å². The molecule has 6 rings (SSSR count). The quantitative estimate of drug-likeness (QED) is 0.284. The summed E-state index contributed by atoms with van der Waals surface area (Å²) in [6.07, 6.45) is 3.85. The summed E-state index contributed by atoms with van der Waals surface area (Å²) in [6, 6.07) is 12.8. The molecule has 2 aromatic carbocycles. The first-order chi connectivity index (χ1) is 21.4. The number of hydrogen-bond acceptors (Lipinski definition) is 10. The van der Waals surface area contributed by atoms with E-state index in [4.69, 9.17) is 23.4 Å². The fraction of sp³-hybridized carbons (Fsp3) is 0.387. The van der Waals surface area contributed by atoms with Gasteiger partial charge in [-0.05, 0) is 67.4 Å². The molecule has 230 valence electrons. The zero-order valence-electron chi connectivity index (χ0n) is 24.8. The molecule has 13 nitrogen and oxygen atoms in total. The van der Waals surface area contributed by atoms with E-state index in [0.29, 0.717) is 64.8 Å². The number of carbonyl (C=O) groups is 2. The second-order valence-electron chi connectivity index (χ2n) is 10.6. The number of fused-ring (bicyclic) bond motifs is 1. The van der Waals surface area contributed by atoms with Crippen LogP contribution in [0.4, 0.5) is 5.69 Å². The first-order valence-electron chi connectivity index (χ1n) is 14.5. The molecule has 1 saturated carbocycles. The molecule has 1 aliphatic heterocycles. The second-order valence-corrected chi connectivity index (χ2v) is 10.6. The van der Waals surface area contributed by atoms with Crippen LogP contribution in [0.15, 0.2) is 52.9 Å². The summed E-state index contributed by atoms with van der Waals surface area (Å²) in [6.45, 7) is 2.28. The van der Waals surface area contributed by atoms with Crippen molar-refractivity contribution in [1.82, 2.24) is 25.5 Å². The van der Waals surface area contributed by atoms with E-state index in [-0.39, 0.29) is 18.5 Å². The van der Waals surface area contributed by atoms with Crippen molar-refractivity contribution in [2.24, 2.45) is 0 Å². The lowest BCUT2D eigenvalue weighted by atomic mass is 10.1. The van der Waals surface area contributed by atoms with Crippen LogP contribution in [0.25, 0.3) is 11.4 Å². The van der Waals surface area contributed by atoms with Crippen LogP contribution in [0.1, 0.15) is 43.2 Å². The fourth-order valence-electron chi connectivity index (χ4n) is 5.54. The van der Waals surface area contributed by atoms with Crippen LogP contribution in [0.5, 0.6) is 23.0 Å². The number of tetrazole rings is 1. The number of amides is 2. The van der Waals surface area contributed by atoms with E-state index in [1.165, 1.54) is 16.8 Å². The third-order valence-electron chi connectivity index (χ3n) is 7.68. The molecule has 1 fully saturated rings. The smallest absolute Gasteiger partial charge is 0.251 e.